The van der Waals surface area contributed by atoms with Crippen molar-refractivity contribution >= 4 is 0 Å². The topological polar surface area (TPSA) is 41.5 Å². The summed E-state index contributed by atoms with van der Waals surface area (Å²) in [7, 11) is 0. The minimum Gasteiger partial charge on any atom is -0.483 e. The van der Waals surface area contributed by atoms with Gasteiger partial charge in [0.1, 0.15) is 0 Å². The minimum atomic E-state index is 0.0622. The Kier molecular flexibility index (Phi) is 2.71. The Morgan fingerprint density at radius 2 is 2.50 bits per heavy atom. The van der Waals surface area contributed by atoms with Crippen LogP contribution in [0.15, 0.2) is 12.3 Å². The highest BCUT2D eigenvalue weighted by Gasteiger charge is 2.18. The van der Waals surface area contributed by atoms with E-state index < -0.39 is 0 Å². The average Bonchev–Trinajstić information content (AvgIpc) is 2.31. The monoisotopic (exact) mass is 143 g/mol. The van der Waals surface area contributed by atoms with Crippen LogP contribution in [0.1, 0.15) is 6.92 Å². The summed E-state index contributed by atoms with van der Waals surface area (Å²) >= 11 is 0. The molecule has 2 unspecified atom stereocenters. The highest BCUT2D eigenvalue weighted by molar-refractivity contribution is 4.91. The zero-order valence-electron chi connectivity index (χ0n) is 6.08. The quantitative estimate of drug-likeness (QED) is 0.587. The highest BCUT2D eigenvalue weighted by atomic mass is 16.5. The molecule has 1 aliphatic rings. The van der Waals surface area contributed by atoms with Gasteiger partial charge in [-0.1, -0.05) is 6.92 Å². The van der Waals surface area contributed by atoms with Gasteiger partial charge in [-0.25, -0.2) is 0 Å². The summed E-state index contributed by atoms with van der Waals surface area (Å²) in [6.07, 6.45) is 3.75. The van der Waals surface area contributed by atoms with E-state index in [0.717, 1.165) is 0 Å². The molecule has 2 N–H and O–H groups in total. The first-order valence-corrected chi connectivity index (χ1v) is 3.51. The van der Waals surface area contributed by atoms with Gasteiger partial charge in [0.2, 0.25) is 0 Å². The lowest BCUT2D eigenvalue weighted by atomic mass is 10.2. The van der Waals surface area contributed by atoms with Crippen molar-refractivity contribution in [2.75, 3.05) is 13.2 Å². The summed E-state index contributed by atoms with van der Waals surface area (Å²) in [6.45, 7) is 2.82. The fourth-order valence-electron chi connectivity index (χ4n) is 0.920. The van der Waals surface area contributed by atoms with Gasteiger partial charge in [-0.15, -0.1) is 0 Å². The van der Waals surface area contributed by atoms with Crippen LogP contribution >= 0.6 is 0 Å². The standard InChI is InChI=1S/C7H13NO2/c1-6-2-5-10-7(6)8-3-4-9/h2,5-9H,3-4H2,1H3. The molecule has 3 heteroatoms. The van der Waals surface area contributed by atoms with Crippen molar-refractivity contribution < 1.29 is 9.84 Å². The lowest BCUT2D eigenvalue weighted by Gasteiger charge is -2.15. The molecule has 0 aromatic heterocycles. The first-order chi connectivity index (χ1) is 4.84. The minimum absolute atomic E-state index is 0.0622. The molecule has 1 heterocycles. The third-order valence-electron chi connectivity index (χ3n) is 1.54. The molecule has 1 aliphatic heterocycles. The van der Waals surface area contributed by atoms with E-state index in [1.54, 1.807) is 6.26 Å². The average molecular weight is 143 g/mol. The normalized spacial score (nSPS) is 30.6. The van der Waals surface area contributed by atoms with Gasteiger partial charge < -0.3 is 9.84 Å². The fourth-order valence-corrected chi connectivity index (χ4v) is 0.920. The van der Waals surface area contributed by atoms with Crippen LogP contribution in [-0.4, -0.2) is 24.5 Å². The number of nitrogens with one attached hydrogen (secondary N) is 1. The van der Waals surface area contributed by atoms with Gasteiger partial charge in [-0.3, -0.25) is 5.32 Å². The molecule has 58 valence electrons. The maximum atomic E-state index is 8.47. The third-order valence-corrected chi connectivity index (χ3v) is 1.54. The van der Waals surface area contributed by atoms with E-state index in [2.05, 4.69) is 12.2 Å². The van der Waals surface area contributed by atoms with Crippen LogP contribution in [0.25, 0.3) is 0 Å². The van der Waals surface area contributed by atoms with Gasteiger partial charge in [0.15, 0.2) is 6.23 Å². The molecular formula is C7H13NO2. The predicted octanol–water partition coefficient (Wildman–Crippen LogP) is 0.0744. The summed E-state index contributed by atoms with van der Waals surface area (Å²) in [4.78, 5) is 0. The van der Waals surface area contributed by atoms with Crippen molar-refractivity contribution in [3.8, 4) is 0 Å². The molecule has 3 nitrogen and oxygen atoms in total. The summed E-state index contributed by atoms with van der Waals surface area (Å²) in [5, 5.41) is 11.5. The number of aliphatic hydroxyl groups excluding tert-OH is 1. The molecular weight excluding hydrogens is 130 g/mol. The van der Waals surface area contributed by atoms with E-state index in [9.17, 15) is 0 Å². The smallest absolute Gasteiger partial charge is 0.155 e. The maximum absolute atomic E-state index is 8.47. The van der Waals surface area contributed by atoms with E-state index in [1.807, 2.05) is 6.08 Å². The van der Waals surface area contributed by atoms with Crippen molar-refractivity contribution in [2.45, 2.75) is 13.2 Å². The molecule has 0 saturated carbocycles. The lowest BCUT2D eigenvalue weighted by molar-refractivity contribution is 0.0997. The Morgan fingerprint density at radius 3 is 3.00 bits per heavy atom. The van der Waals surface area contributed by atoms with E-state index in [-0.39, 0.29) is 12.8 Å². The van der Waals surface area contributed by atoms with Crippen molar-refractivity contribution in [1.82, 2.24) is 5.32 Å². The van der Waals surface area contributed by atoms with Crippen LogP contribution in [0.5, 0.6) is 0 Å². The molecule has 10 heavy (non-hydrogen) atoms. The van der Waals surface area contributed by atoms with Crippen LogP contribution in [0.2, 0.25) is 0 Å². The Labute approximate surface area is 60.7 Å². The summed E-state index contributed by atoms with van der Waals surface area (Å²) < 4.78 is 5.16. The summed E-state index contributed by atoms with van der Waals surface area (Å²) in [5.74, 6) is 0.409. The molecule has 0 aromatic carbocycles. The zero-order valence-corrected chi connectivity index (χ0v) is 6.08. The maximum Gasteiger partial charge on any atom is 0.155 e. The molecule has 2 atom stereocenters. The van der Waals surface area contributed by atoms with Crippen LogP contribution in [-0.2, 0) is 4.74 Å². The van der Waals surface area contributed by atoms with Crippen LogP contribution in [0.3, 0.4) is 0 Å². The predicted molar refractivity (Wildman–Crippen MR) is 38.3 cm³/mol. The van der Waals surface area contributed by atoms with E-state index in [4.69, 9.17) is 9.84 Å². The molecule has 0 aliphatic carbocycles. The molecule has 0 amide bonds. The van der Waals surface area contributed by atoms with Crippen molar-refractivity contribution in [3.63, 3.8) is 0 Å². The molecule has 0 bridgehead atoms. The zero-order chi connectivity index (χ0) is 7.40. The van der Waals surface area contributed by atoms with Gasteiger partial charge in [0, 0.05) is 12.5 Å². The Morgan fingerprint density at radius 1 is 1.70 bits per heavy atom. The molecule has 0 spiro atoms. The fraction of sp³-hybridized carbons (Fsp3) is 0.714. The number of hydrogen-bond acceptors (Lipinski definition) is 3. The first-order valence-electron chi connectivity index (χ1n) is 3.51. The molecule has 0 aromatic rings. The second-order valence-electron chi connectivity index (χ2n) is 2.42. The summed E-state index contributed by atoms with van der Waals surface area (Å²) in [5.41, 5.74) is 0. The Hall–Kier alpha value is -0.540. The molecule has 1 rings (SSSR count). The Balaban J connectivity index is 2.17. The van der Waals surface area contributed by atoms with Crippen molar-refractivity contribution in [1.29, 1.82) is 0 Å². The second-order valence-corrected chi connectivity index (χ2v) is 2.42. The van der Waals surface area contributed by atoms with Crippen LogP contribution < -0.4 is 5.32 Å². The SMILES string of the molecule is CC1C=COC1NCCO. The van der Waals surface area contributed by atoms with Crippen molar-refractivity contribution in [3.05, 3.63) is 12.3 Å². The van der Waals surface area contributed by atoms with E-state index >= 15 is 0 Å². The number of hydrogen-bond donors (Lipinski definition) is 2. The van der Waals surface area contributed by atoms with Gasteiger partial charge in [-0.2, -0.15) is 0 Å². The molecule has 0 radical (unpaired) electrons. The highest BCUT2D eigenvalue weighted by Crippen LogP contribution is 2.13. The molecule has 0 saturated heterocycles. The van der Waals surface area contributed by atoms with Gasteiger partial charge in [-0.05, 0) is 6.08 Å². The van der Waals surface area contributed by atoms with E-state index in [1.165, 1.54) is 0 Å². The van der Waals surface area contributed by atoms with Crippen molar-refractivity contribution in [2.24, 2.45) is 5.92 Å². The lowest BCUT2D eigenvalue weighted by Crippen LogP contribution is -2.34. The first kappa shape index (κ1) is 7.57. The number of aliphatic hydroxyl groups is 1. The van der Waals surface area contributed by atoms with Crippen LogP contribution in [0.4, 0.5) is 0 Å². The third kappa shape index (κ3) is 1.72. The summed E-state index contributed by atoms with van der Waals surface area (Å²) in [6, 6.07) is 0. The van der Waals surface area contributed by atoms with E-state index in [0.29, 0.717) is 12.5 Å². The van der Waals surface area contributed by atoms with Crippen LogP contribution in [0, 0.1) is 5.92 Å². The molecule has 0 fully saturated rings. The Bertz CT molecular complexity index is 125. The largest absolute Gasteiger partial charge is 0.483 e. The number of rotatable bonds is 3. The van der Waals surface area contributed by atoms with Gasteiger partial charge in [0.25, 0.3) is 0 Å². The van der Waals surface area contributed by atoms with Gasteiger partial charge >= 0.3 is 0 Å². The second kappa shape index (κ2) is 3.58. The van der Waals surface area contributed by atoms with Gasteiger partial charge in [0.05, 0.1) is 12.9 Å². The number of ether oxygens (including phenoxy) is 1.